The first-order valence-corrected chi connectivity index (χ1v) is 9.20. The van der Waals surface area contributed by atoms with Crippen LogP contribution in [0.5, 0.6) is 5.75 Å². The molecule has 0 unspecified atom stereocenters. The minimum absolute atomic E-state index is 0.0580. The topological polar surface area (TPSA) is 75.9 Å². The molecule has 27 heavy (non-hydrogen) atoms. The molecule has 142 valence electrons. The van der Waals surface area contributed by atoms with Gasteiger partial charge in [0.15, 0.2) is 5.76 Å². The van der Waals surface area contributed by atoms with E-state index in [2.05, 4.69) is 5.16 Å². The predicted octanol–water partition coefficient (Wildman–Crippen LogP) is 2.07. The van der Waals surface area contributed by atoms with Gasteiger partial charge in [-0.1, -0.05) is 17.3 Å². The molecule has 0 atom stereocenters. The molecule has 1 saturated heterocycles. The van der Waals surface area contributed by atoms with Crippen molar-refractivity contribution in [2.24, 2.45) is 0 Å². The smallest absolute Gasteiger partial charge is 0.235 e. The zero-order valence-corrected chi connectivity index (χ0v) is 15.6. The van der Waals surface area contributed by atoms with E-state index in [-0.39, 0.29) is 11.8 Å². The number of amides is 2. The Morgan fingerprint density at radius 3 is 2.44 bits per heavy atom. The number of carbonyl (C=O) groups is 2. The second-order valence-electron chi connectivity index (χ2n) is 7.19. The number of carbonyl (C=O) groups excluding carboxylic acids is 2. The highest BCUT2D eigenvalue weighted by Crippen LogP contribution is 2.50. The van der Waals surface area contributed by atoms with Crippen molar-refractivity contribution in [3.05, 3.63) is 36.0 Å². The van der Waals surface area contributed by atoms with Gasteiger partial charge in [-0.3, -0.25) is 9.59 Å². The number of methoxy groups -OCH3 is 1. The third kappa shape index (κ3) is 3.18. The lowest BCUT2D eigenvalue weighted by atomic mass is 9.99. The average molecular weight is 369 g/mol. The highest BCUT2D eigenvalue weighted by Gasteiger charge is 2.55. The summed E-state index contributed by atoms with van der Waals surface area (Å²) in [6.45, 7) is 3.88. The van der Waals surface area contributed by atoms with Crippen LogP contribution in [0.3, 0.4) is 0 Å². The summed E-state index contributed by atoms with van der Waals surface area (Å²) < 4.78 is 10.8. The second kappa shape index (κ2) is 6.72. The molecule has 0 radical (unpaired) electrons. The first-order chi connectivity index (χ1) is 13.0. The van der Waals surface area contributed by atoms with E-state index >= 15 is 0 Å². The van der Waals surface area contributed by atoms with Gasteiger partial charge in [-0.15, -0.1) is 0 Å². The minimum atomic E-state index is -0.570. The van der Waals surface area contributed by atoms with E-state index in [1.54, 1.807) is 18.9 Å². The molecule has 0 N–H and O–H groups in total. The minimum Gasteiger partial charge on any atom is -0.497 e. The van der Waals surface area contributed by atoms with Gasteiger partial charge in [-0.05, 0) is 25.0 Å². The molecule has 1 aromatic heterocycles. The Morgan fingerprint density at radius 1 is 1.11 bits per heavy atom. The van der Waals surface area contributed by atoms with Crippen molar-refractivity contribution in [3.8, 4) is 17.1 Å². The van der Waals surface area contributed by atoms with Crippen molar-refractivity contribution in [2.75, 3.05) is 33.3 Å². The third-order valence-electron chi connectivity index (χ3n) is 5.53. The number of nitrogens with zero attached hydrogens (tertiary/aromatic N) is 3. The van der Waals surface area contributed by atoms with E-state index in [0.717, 1.165) is 24.2 Å². The van der Waals surface area contributed by atoms with Gasteiger partial charge in [0.1, 0.15) is 5.75 Å². The fourth-order valence-electron chi connectivity index (χ4n) is 3.64. The first-order valence-electron chi connectivity index (χ1n) is 9.20. The highest BCUT2D eigenvalue weighted by atomic mass is 16.5. The molecule has 1 aliphatic carbocycles. The predicted molar refractivity (Wildman–Crippen MR) is 98.2 cm³/mol. The molecule has 7 nitrogen and oxygen atoms in total. The molecule has 1 aliphatic heterocycles. The molecular weight excluding hydrogens is 346 g/mol. The standard InChI is InChI=1S/C20H23N3O4/c1-14(24)22-8-10-23(11-9-22)19(25)20(6-7-20)18-13-17(27-21-18)15-4-3-5-16(12-15)26-2/h3-5,12-13H,6-11H2,1-2H3. The van der Waals surface area contributed by atoms with Gasteiger partial charge in [-0.2, -0.15) is 0 Å². The Balaban J connectivity index is 1.51. The molecule has 2 aromatic rings. The van der Waals surface area contributed by atoms with Crippen LogP contribution in [0.15, 0.2) is 34.9 Å². The van der Waals surface area contributed by atoms with Crippen LogP contribution in [0.4, 0.5) is 0 Å². The van der Waals surface area contributed by atoms with Gasteiger partial charge >= 0.3 is 0 Å². The van der Waals surface area contributed by atoms with E-state index in [1.807, 2.05) is 35.2 Å². The van der Waals surface area contributed by atoms with Crippen LogP contribution < -0.4 is 4.74 Å². The first kappa shape index (κ1) is 17.6. The second-order valence-corrected chi connectivity index (χ2v) is 7.19. The number of hydrogen-bond donors (Lipinski definition) is 0. The van der Waals surface area contributed by atoms with Gasteiger partial charge in [0.05, 0.1) is 18.2 Å². The Kier molecular flexibility index (Phi) is 4.37. The van der Waals surface area contributed by atoms with Gasteiger partial charge < -0.3 is 19.1 Å². The van der Waals surface area contributed by atoms with Crippen molar-refractivity contribution in [3.63, 3.8) is 0 Å². The molecule has 1 aromatic carbocycles. The average Bonchev–Trinajstić information content (AvgIpc) is 3.36. The Morgan fingerprint density at radius 2 is 1.81 bits per heavy atom. The molecular formula is C20H23N3O4. The quantitative estimate of drug-likeness (QED) is 0.825. The van der Waals surface area contributed by atoms with Crippen LogP contribution in [-0.2, 0) is 15.0 Å². The number of ether oxygens (including phenoxy) is 1. The number of rotatable bonds is 4. The van der Waals surface area contributed by atoms with Crippen molar-refractivity contribution in [1.29, 1.82) is 0 Å². The number of benzene rings is 1. The van der Waals surface area contributed by atoms with Crippen LogP contribution in [0.1, 0.15) is 25.5 Å². The Bertz CT molecular complexity index is 864. The Hall–Kier alpha value is -2.83. The van der Waals surface area contributed by atoms with E-state index in [0.29, 0.717) is 37.6 Å². The van der Waals surface area contributed by atoms with Crippen LogP contribution in [0.2, 0.25) is 0 Å². The molecule has 0 bridgehead atoms. The summed E-state index contributed by atoms with van der Waals surface area (Å²) in [6.07, 6.45) is 1.56. The van der Waals surface area contributed by atoms with E-state index in [9.17, 15) is 9.59 Å². The van der Waals surface area contributed by atoms with Crippen molar-refractivity contribution in [1.82, 2.24) is 15.0 Å². The van der Waals surface area contributed by atoms with Crippen LogP contribution in [0, 0.1) is 0 Å². The largest absolute Gasteiger partial charge is 0.497 e. The monoisotopic (exact) mass is 369 g/mol. The molecule has 2 heterocycles. The molecule has 1 saturated carbocycles. The zero-order valence-electron chi connectivity index (χ0n) is 15.6. The van der Waals surface area contributed by atoms with Gasteiger partial charge in [-0.25, -0.2) is 0 Å². The molecule has 2 fully saturated rings. The number of piperazine rings is 1. The maximum atomic E-state index is 13.1. The van der Waals surface area contributed by atoms with Crippen LogP contribution >= 0.6 is 0 Å². The normalized spacial score (nSPS) is 18.3. The molecule has 4 rings (SSSR count). The van der Waals surface area contributed by atoms with Crippen LogP contribution in [-0.4, -0.2) is 60.1 Å². The summed E-state index contributed by atoms with van der Waals surface area (Å²) in [5.41, 5.74) is 0.990. The molecule has 7 heteroatoms. The van der Waals surface area contributed by atoms with E-state index < -0.39 is 5.41 Å². The molecule has 2 aliphatic rings. The molecule has 0 spiro atoms. The van der Waals surface area contributed by atoms with Gasteiger partial charge in [0.25, 0.3) is 0 Å². The summed E-state index contributed by atoms with van der Waals surface area (Å²) in [4.78, 5) is 28.2. The summed E-state index contributed by atoms with van der Waals surface area (Å²) in [6, 6.07) is 9.43. The van der Waals surface area contributed by atoms with E-state index in [1.165, 1.54) is 0 Å². The summed E-state index contributed by atoms with van der Waals surface area (Å²) in [7, 11) is 1.62. The highest BCUT2D eigenvalue weighted by molar-refractivity contribution is 5.91. The van der Waals surface area contributed by atoms with Crippen molar-refractivity contribution in [2.45, 2.75) is 25.2 Å². The van der Waals surface area contributed by atoms with Gasteiger partial charge in [0, 0.05) is 44.7 Å². The number of aromatic nitrogens is 1. The van der Waals surface area contributed by atoms with Crippen molar-refractivity contribution >= 4 is 11.8 Å². The molecule has 2 amide bonds. The maximum Gasteiger partial charge on any atom is 0.235 e. The van der Waals surface area contributed by atoms with Crippen LogP contribution in [0.25, 0.3) is 11.3 Å². The maximum absolute atomic E-state index is 13.1. The van der Waals surface area contributed by atoms with Gasteiger partial charge in [0.2, 0.25) is 11.8 Å². The zero-order chi connectivity index (χ0) is 19.0. The summed E-state index contributed by atoms with van der Waals surface area (Å²) >= 11 is 0. The lowest BCUT2D eigenvalue weighted by Crippen LogP contribution is -2.52. The fraction of sp³-hybridized carbons (Fsp3) is 0.450. The third-order valence-corrected chi connectivity index (χ3v) is 5.53. The fourth-order valence-corrected chi connectivity index (χ4v) is 3.64. The van der Waals surface area contributed by atoms with E-state index in [4.69, 9.17) is 9.26 Å². The Labute approximate surface area is 157 Å². The summed E-state index contributed by atoms with van der Waals surface area (Å²) in [5, 5.41) is 4.21. The van der Waals surface area contributed by atoms with Crippen molar-refractivity contribution < 1.29 is 18.8 Å². The summed E-state index contributed by atoms with van der Waals surface area (Å²) in [5.74, 6) is 1.52. The number of hydrogen-bond acceptors (Lipinski definition) is 5. The SMILES string of the molecule is COc1cccc(-c2cc(C3(C(=O)N4CCN(C(C)=O)CC4)CC3)no2)c1. The lowest BCUT2D eigenvalue weighted by molar-refractivity contribution is -0.140. The lowest BCUT2D eigenvalue weighted by Gasteiger charge is -2.35.